The maximum atomic E-state index is 5.76. The SMILES string of the molecule is CNc1nc(COc2cccc(C)c2)nc2c1cnn2C. The minimum atomic E-state index is 0.319. The lowest BCUT2D eigenvalue weighted by molar-refractivity contribution is 0.296. The highest BCUT2D eigenvalue weighted by molar-refractivity contribution is 5.86. The molecule has 0 atom stereocenters. The van der Waals surface area contributed by atoms with Crippen molar-refractivity contribution in [3.05, 3.63) is 41.9 Å². The van der Waals surface area contributed by atoms with E-state index in [1.807, 2.05) is 45.3 Å². The molecular weight excluding hydrogens is 266 g/mol. The van der Waals surface area contributed by atoms with Gasteiger partial charge in [0, 0.05) is 14.1 Å². The van der Waals surface area contributed by atoms with E-state index in [9.17, 15) is 0 Å². The predicted molar refractivity (Wildman–Crippen MR) is 81.4 cm³/mol. The molecule has 0 amide bonds. The first-order valence-corrected chi connectivity index (χ1v) is 6.73. The second-order valence-corrected chi connectivity index (χ2v) is 4.85. The lowest BCUT2D eigenvalue weighted by Gasteiger charge is -2.08. The molecule has 1 N–H and O–H groups in total. The highest BCUT2D eigenvalue weighted by Crippen LogP contribution is 2.20. The Kier molecular flexibility index (Phi) is 3.43. The van der Waals surface area contributed by atoms with Gasteiger partial charge in [-0.1, -0.05) is 12.1 Å². The summed E-state index contributed by atoms with van der Waals surface area (Å²) in [4.78, 5) is 8.97. The molecule has 0 radical (unpaired) electrons. The second-order valence-electron chi connectivity index (χ2n) is 4.85. The van der Waals surface area contributed by atoms with Gasteiger partial charge in [-0.05, 0) is 24.6 Å². The number of benzene rings is 1. The number of hydrogen-bond acceptors (Lipinski definition) is 5. The lowest BCUT2D eigenvalue weighted by Crippen LogP contribution is -2.06. The van der Waals surface area contributed by atoms with E-state index in [2.05, 4.69) is 20.4 Å². The van der Waals surface area contributed by atoms with Gasteiger partial charge in [0.05, 0.1) is 11.6 Å². The van der Waals surface area contributed by atoms with Crippen LogP contribution in [0.1, 0.15) is 11.4 Å². The molecule has 6 nitrogen and oxygen atoms in total. The van der Waals surface area contributed by atoms with E-state index in [-0.39, 0.29) is 0 Å². The van der Waals surface area contributed by atoms with Crippen LogP contribution in [0, 0.1) is 6.92 Å². The topological polar surface area (TPSA) is 64.9 Å². The molecule has 0 unspecified atom stereocenters. The summed E-state index contributed by atoms with van der Waals surface area (Å²) >= 11 is 0. The van der Waals surface area contributed by atoms with E-state index in [0.29, 0.717) is 12.4 Å². The van der Waals surface area contributed by atoms with E-state index < -0.39 is 0 Å². The first kappa shape index (κ1) is 13.4. The standard InChI is InChI=1S/C15H17N5O/c1-10-5-4-6-11(7-10)21-9-13-18-14(16-2)12-8-17-20(3)15(12)19-13/h4-8H,9H2,1-3H3,(H,16,18,19). The highest BCUT2D eigenvalue weighted by atomic mass is 16.5. The van der Waals surface area contributed by atoms with Gasteiger partial charge < -0.3 is 10.1 Å². The van der Waals surface area contributed by atoms with Crippen LogP contribution in [0.3, 0.4) is 0 Å². The molecule has 1 aromatic carbocycles. The van der Waals surface area contributed by atoms with E-state index in [4.69, 9.17) is 4.74 Å². The molecule has 0 saturated heterocycles. The molecule has 0 saturated carbocycles. The van der Waals surface area contributed by atoms with Crippen molar-refractivity contribution >= 4 is 16.9 Å². The molecular formula is C15H17N5O. The molecule has 2 aromatic heterocycles. The number of ether oxygens (including phenoxy) is 1. The number of nitrogens with one attached hydrogen (secondary N) is 1. The number of aromatic nitrogens is 4. The van der Waals surface area contributed by atoms with E-state index in [1.54, 1.807) is 10.9 Å². The fourth-order valence-corrected chi connectivity index (χ4v) is 2.18. The van der Waals surface area contributed by atoms with Crippen molar-refractivity contribution in [3.63, 3.8) is 0 Å². The Bertz CT molecular complexity index is 781. The number of fused-ring (bicyclic) bond motifs is 1. The molecule has 0 aliphatic heterocycles. The summed E-state index contributed by atoms with van der Waals surface area (Å²) in [5, 5.41) is 8.18. The lowest BCUT2D eigenvalue weighted by atomic mass is 10.2. The van der Waals surface area contributed by atoms with Crippen molar-refractivity contribution in [2.45, 2.75) is 13.5 Å². The van der Waals surface area contributed by atoms with Gasteiger partial charge in [0.1, 0.15) is 18.2 Å². The van der Waals surface area contributed by atoms with Crippen LogP contribution in [0.2, 0.25) is 0 Å². The Morgan fingerprint density at radius 3 is 2.90 bits per heavy atom. The Hall–Kier alpha value is -2.63. The Morgan fingerprint density at radius 2 is 2.14 bits per heavy atom. The first-order valence-electron chi connectivity index (χ1n) is 6.73. The van der Waals surface area contributed by atoms with Crippen LogP contribution < -0.4 is 10.1 Å². The molecule has 0 spiro atoms. The third-order valence-electron chi connectivity index (χ3n) is 3.23. The maximum Gasteiger partial charge on any atom is 0.170 e. The van der Waals surface area contributed by atoms with Crippen LogP contribution in [0.25, 0.3) is 11.0 Å². The fourth-order valence-electron chi connectivity index (χ4n) is 2.18. The average Bonchev–Trinajstić information content (AvgIpc) is 2.86. The molecule has 6 heteroatoms. The smallest absolute Gasteiger partial charge is 0.170 e. The number of anilines is 1. The number of hydrogen-bond donors (Lipinski definition) is 1. The maximum absolute atomic E-state index is 5.76. The number of rotatable bonds is 4. The Balaban J connectivity index is 1.88. The predicted octanol–water partition coefficient (Wildman–Crippen LogP) is 2.29. The van der Waals surface area contributed by atoms with Crippen molar-refractivity contribution in [1.29, 1.82) is 0 Å². The summed E-state index contributed by atoms with van der Waals surface area (Å²) in [6, 6.07) is 7.91. The second kappa shape index (κ2) is 5.40. The quantitative estimate of drug-likeness (QED) is 0.796. The molecule has 0 aliphatic carbocycles. The fraction of sp³-hybridized carbons (Fsp3) is 0.267. The minimum Gasteiger partial charge on any atom is -0.486 e. The summed E-state index contributed by atoms with van der Waals surface area (Å²) in [5.74, 6) is 2.20. The average molecular weight is 283 g/mol. The van der Waals surface area contributed by atoms with Gasteiger partial charge in [-0.15, -0.1) is 0 Å². The van der Waals surface area contributed by atoms with Crippen LogP contribution in [0.15, 0.2) is 30.5 Å². The summed E-state index contributed by atoms with van der Waals surface area (Å²) in [5.41, 5.74) is 1.95. The van der Waals surface area contributed by atoms with E-state index >= 15 is 0 Å². The van der Waals surface area contributed by atoms with Gasteiger partial charge in [-0.25, -0.2) is 9.97 Å². The summed E-state index contributed by atoms with van der Waals surface area (Å²) in [6.45, 7) is 2.35. The molecule has 2 heterocycles. The molecule has 21 heavy (non-hydrogen) atoms. The van der Waals surface area contributed by atoms with E-state index in [0.717, 1.165) is 28.2 Å². The van der Waals surface area contributed by atoms with Crippen molar-refractivity contribution in [3.8, 4) is 5.75 Å². The van der Waals surface area contributed by atoms with Crippen molar-refractivity contribution in [2.24, 2.45) is 7.05 Å². The monoisotopic (exact) mass is 283 g/mol. The zero-order valence-electron chi connectivity index (χ0n) is 12.3. The van der Waals surface area contributed by atoms with Gasteiger partial charge in [0.15, 0.2) is 11.5 Å². The summed E-state index contributed by atoms with van der Waals surface area (Å²) < 4.78 is 7.49. The first-order chi connectivity index (χ1) is 10.2. The number of aryl methyl sites for hydroxylation is 2. The molecule has 0 bridgehead atoms. The van der Waals surface area contributed by atoms with Crippen LogP contribution in [0.4, 0.5) is 5.82 Å². The van der Waals surface area contributed by atoms with Gasteiger partial charge >= 0.3 is 0 Å². The summed E-state index contributed by atoms with van der Waals surface area (Å²) in [6.07, 6.45) is 1.76. The zero-order chi connectivity index (χ0) is 14.8. The normalized spacial score (nSPS) is 10.8. The molecule has 3 aromatic rings. The van der Waals surface area contributed by atoms with Crippen LogP contribution >= 0.6 is 0 Å². The molecule has 3 rings (SSSR count). The summed E-state index contributed by atoms with van der Waals surface area (Å²) in [7, 11) is 3.69. The third-order valence-corrected chi connectivity index (χ3v) is 3.23. The van der Waals surface area contributed by atoms with Gasteiger partial charge in [0.2, 0.25) is 0 Å². The minimum absolute atomic E-state index is 0.319. The van der Waals surface area contributed by atoms with Crippen LogP contribution in [0.5, 0.6) is 5.75 Å². The van der Waals surface area contributed by atoms with Crippen molar-refractivity contribution < 1.29 is 4.74 Å². The zero-order valence-corrected chi connectivity index (χ0v) is 12.3. The number of nitrogens with zero attached hydrogens (tertiary/aromatic N) is 4. The van der Waals surface area contributed by atoms with Crippen LogP contribution in [-0.4, -0.2) is 26.8 Å². The largest absolute Gasteiger partial charge is 0.486 e. The Labute approximate surface area is 122 Å². The third kappa shape index (κ3) is 2.65. The Morgan fingerprint density at radius 1 is 1.29 bits per heavy atom. The van der Waals surface area contributed by atoms with E-state index in [1.165, 1.54) is 0 Å². The van der Waals surface area contributed by atoms with Crippen molar-refractivity contribution in [1.82, 2.24) is 19.7 Å². The van der Waals surface area contributed by atoms with Gasteiger partial charge in [0.25, 0.3) is 0 Å². The van der Waals surface area contributed by atoms with Gasteiger partial charge in [-0.3, -0.25) is 4.68 Å². The van der Waals surface area contributed by atoms with Crippen LogP contribution in [-0.2, 0) is 13.7 Å². The molecule has 0 aliphatic rings. The molecule has 0 fully saturated rings. The van der Waals surface area contributed by atoms with Gasteiger partial charge in [-0.2, -0.15) is 5.10 Å². The highest BCUT2D eigenvalue weighted by Gasteiger charge is 2.10. The molecule has 108 valence electrons. The van der Waals surface area contributed by atoms with Crippen molar-refractivity contribution in [2.75, 3.05) is 12.4 Å².